The number of benzene rings is 2. The van der Waals surface area contributed by atoms with Gasteiger partial charge in [-0.15, -0.1) is 0 Å². The third-order valence-corrected chi connectivity index (χ3v) is 6.89. The molecule has 1 aliphatic heterocycles. The van der Waals surface area contributed by atoms with Gasteiger partial charge in [-0.2, -0.15) is 5.01 Å². The zero-order chi connectivity index (χ0) is 22.6. The van der Waals surface area contributed by atoms with Crippen molar-refractivity contribution in [2.24, 2.45) is 23.7 Å². The number of imide groups is 1. The van der Waals surface area contributed by atoms with Gasteiger partial charge in [0.05, 0.1) is 23.3 Å². The van der Waals surface area contributed by atoms with E-state index in [1.54, 1.807) is 24.3 Å². The third-order valence-electron chi connectivity index (χ3n) is 6.53. The van der Waals surface area contributed by atoms with Crippen molar-refractivity contribution in [1.29, 1.82) is 0 Å². The van der Waals surface area contributed by atoms with Crippen molar-refractivity contribution in [2.75, 3.05) is 0 Å². The number of rotatable bonds is 5. The highest BCUT2D eigenvalue weighted by atomic mass is 35.5. The average molecular weight is 452 g/mol. The Morgan fingerprint density at radius 3 is 2.19 bits per heavy atom. The maximum Gasteiger partial charge on any atom is 0.273 e. The number of amides is 3. The number of carbonyl (C=O) groups is 3. The van der Waals surface area contributed by atoms with Crippen LogP contribution >= 0.6 is 11.6 Å². The van der Waals surface area contributed by atoms with Crippen molar-refractivity contribution in [3.63, 3.8) is 0 Å². The molecule has 5 rings (SSSR count). The van der Waals surface area contributed by atoms with Crippen LogP contribution in [-0.4, -0.2) is 32.7 Å². The molecule has 1 saturated carbocycles. The summed E-state index contributed by atoms with van der Waals surface area (Å²) in [6.07, 6.45) is 4.75. The predicted molar refractivity (Wildman–Crippen MR) is 114 cm³/mol. The fraction of sp³-hybridized carbons (Fsp3) is 0.261. The van der Waals surface area contributed by atoms with Crippen LogP contribution in [0.1, 0.15) is 22.3 Å². The van der Waals surface area contributed by atoms with Crippen LogP contribution in [0.4, 0.5) is 5.69 Å². The number of non-ortho nitro benzene ring substituents is 1. The minimum Gasteiger partial charge on any atom is -0.272 e. The number of nitro benzene ring substituents is 1. The zero-order valence-electron chi connectivity index (χ0n) is 16.8. The van der Waals surface area contributed by atoms with Crippen LogP contribution in [0.3, 0.4) is 0 Å². The van der Waals surface area contributed by atoms with Gasteiger partial charge < -0.3 is 0 Å². The largest absolute Gasteiger partial charge is 0.273 e. The highest BCUT2D eigenvalue weighted by molar-refractivity contribution is 6.31. The topological polar surface area (TPSA) is 101 Å². The number of carbonyl (C=O) groups excluding carboxylic acids is 3. The van der Waals surface area contributed by atoms with Crippen LogP contribution in [0.2, 0.25) is 5.02 Å². The highest BCUT2D eigenvalue weighted by Crippen LogP contribution is 2.53. The molecule has 0 unspecified atom stereocenters. The minimum atomic E-state index is -0.609. The summed E-state index contributed by atoms with van der Waals surface area (Å²) in [5, 5.41) is 13.4. The summed E-state index contributed by atoms with van der Waals surface area (Å²) in [7, 11) is 0. The fourth-order valence-corrected chi connectivity index (χ4v) is 5.22. The molecule has 0 N–H and O–H groups in total. The van der Waals surface area contributed by atoms with Gasteiger partial charge in [0.2, 0.25) is 0 Å². The molecule has 9 heteroatoms. The molecular weight excluding hydrogens is 434 g/mol. The quantitative estimate of drug-likeness (QED) is 0.299. The second-order valence-electron chi connectivity index (χ2n) is 8.25. The molecule has 8 nitrogen and oxygen atoms in total. The second-order valence-corrected chi connectivity index (χ2v) is 8.65. The molecule has 162 valence electrons. The van der Waals surface area contributed by atoms with Gasteiger partial charge in [0.15, 0.2) is 0 Å². The monoisotopic (exact) mass is 451 g/mol. The Hall–Kier alpha value is -3.52. The van der Waals surface area contributed by atoms with Gasteiger partial charge >= 0.3 is 0 Å². The smallest absolute Gasteiger partial charge is 0.272 e. The second kappa shape index (κ2) is 7.56. The zero-order valence-corrected chi connectivity index (χ0v) is 17.5. The summed E-state index contributed by atoms with van der Waals surface area (Å²) in [4.78, 5) is 50.5. The van der Waals surface area contributed by atoms with Crippen LogP contribution < -0.4 is 0 Å². The van der Waals surface area contributed by atoms with Crippen molar-refractivity contribution >= 4 is 35.0 Å². The number of nitro groups is 1. The minimum absolute atomic E-state index is 0.00286. The summed E-state index contributed by atoms with van der Waals surface area (Å²) < 4.78 is 0. The number of hydrogen-bond acceptors (Lipinski definition) is 5. The molecule has 2 bridgehead atoms. The first kappa shape index (κ1) is 20.4. The van der Waals surface area contributed by atoms with Gasteiger partial charge in [0, 0.05) is 22.7 Å². The lowest BCUT2D eigenvalue weighted by molar-refractivity contribution is -0.384. The maximum atomic E-state index is 13.5. The van der Waals surface area contributed by atoms with E-state index in [9.17, 15) is 24.5 Å². The molecule has 1 heterocycles. The van der Waals surface area contributed by atoms with Crippen molar-refractivity contribution in [3.05, 3.63) is 86.9 Å². The number of allylic oxidation sites excluding steroid dienone is 2. The Labute approximate surface area is 188 Å². The lowest BCUT2D eigenvalue weighted by Gasteiger charge is -2.31. The predicted octanol–water partition coefficient (Wildman–Crippen LogP) is 3.61. The molecule has 2 aromatic rings. The first-order valence-corrected chi connectivity index (χ1v) is 10.6. The number of hydrogen-bond donors (Lipinski definition) is 0. The summed E-state index contributed by atoms with van der Waals surface area (Å²) in [5.74, 6) is -2.31. The molecule has 3 aliphatic rings. The Kier molecular flexibility index (Phi) is 4.82. The molecule has 1 saturated heterocycles. The van der Waals surface area contributed by atoms with Crippen molar-refractivity contribution in [2.45, 2.75) is 13.0 Å². The van der Waals surface area contributed by atoms with E-state index >= 15 is 0 Å². The van der Waals surface area contributed by atoms with Crippen LogP contribution in [0, 0.1) is 33.8 Å². The molecular formula is C23H18ClN3O5. The van der Waals surface area contributed by atoms with Gasteiger partial charge in [-0.25, -0.2) is 5.01 Å². The van der Waals surface area contributed by atoms with Gasteiger partial charge in [0.25, 0.3) is 23.4 Å². The summed E-state index contributed by atoms with van der Waals surface area (Å²) in [6.45, 7) is -0.0881. The molecule has 2 aliphatic carbocycles. The van der Waals surface area contributed by atoms with Crippen molar-refractivity contribution in [1.82, 2.24) is 10.0 Å². The van der Waals surface area contributed by atoms with E-state index in [-0.39, 0.29) is 41.4 Å². The number of fused-ring (bicyclic) bond motifs is 5. The Morgan fingerprint density at radius 2 is 1.62 bits per heavy atom. The van der Waals surface area contributed by atoms with E-state index in [2.05, 4.69) is 0 Å². The summed E-state index contributed by atoms with van der Waals surface area (Å²) in [6, 6.07) is 11.9. The van der Waals surface area contributed by atoms with Gasteiger partial charge in [-0.3, -0.25) is 24.5 Å². The van der Waals surface area contributed by atoms with E-state index < -0.39 is 22.7 Å². The van der Waals surface area contributed by atoms with Gasteiger partial charge in [-0.1, -0.05) is 42.0 Å². The van der Waals surface area contributed by atoms with Crippen LogP contribution in [-0.2, 0) is 16.1 Å². The van der Waals surface area contributed by atoms with E-state index in [0.29, 0.717) is 10.6 Å². The highest BCUT2D eigenvalue weighted by Gasteiger charge is 2.61. The molecule has 0 radical (unpaired) electrons. The first-order chi connectivity index (χ1) is 15.4. The van der Waals surface area contributed by atoms with Crippen molar-refractivity contribution in [3.8, 4) is 0 Å². The van der Waals surface area contributed by atoms with E-state index in [0.717, 1.165) is 16.4 Å². The van der Waals surface area contributed by atoms with Crippen LogP contribution in [0.15, 0.2) is 60.7 Å². The number of halogens is 1. The summed E-state index contributed by atoms with van der Waals surface area (Å²) in [5.41, 5.74) is 0.536. The molecule has 32 heavy (non-hydrogen) atoms. The maximum absolute atomic E-state index is 13.5. The Balaban J connectivity index is 1.52. The Morgan fingerprint density at radius 1 is 1.03 bits per heavy atom. The molecule has 2 aromatic carbocycles. The SMILES string of the molecule is O=C(c1ccc([N+](=O)[O-])cc1)N(Cc1ccccc1Cl)N1C(=O)[C@@H]2[C@@H](C1=O)[C@H]1C=C[C@H]2C1. The fourth-order valence-electron chi connectivity index (χ4n) is 5.02. The lowest BCUT2D eigenvalue weighted by atomic mass is 9.85. The van der Waals surface area contributed by atoms with E-state index in [1.165, 1.54) is 24.3 Å². The molecule has 0 aromatic heterocycles. The van der Waals surface area contributed by atoms with Crippen LogP contribution in [0.5, 0.6) is 0 Å². The van der Waals surface area contributed by atoms with Gasteiger partial charge in [-0.05, 0) is 42.0 Å². The van der Waals surface area contributed by atoms with Gasteiger partial charge in [0.1, 0.15) is 0 Å². The first-order valence-electron chi connectivity index (χ1n) is 10.2. The lowest BCUT2D eigenvalue weighted by Crippen LogP contribution is -2.50. The van der Waals surface area contributed by atoms with E-state index in [1.807, 2.05) is 12.2 Å². The van der Waals surface area contributed by atoms with Crippen LogP contribution in [0.25, 0.3) is 0 Å². The Bertz CT molecular complexity index is 1150. The van der Waals surface area contributed by atoms with Crippen molar-refractivity contribution < 1.29 is 19.3 Å². The normalized spacial score (nSPS) is 25.3. The summed E-state index contributed by atoms with van der Waals surface area (Å²) >= 11 is 6.29. The average Bonchev–Trinajstić information content (AvgIpc) is 3.47. The molecule has 3 amide bonds. The standard InChI is InChI=1S/C23H18ClN3O5/c24-18-4-2-1-3-16(18)12-25(21(28)13-7-9-17(10-8-13)27(31)32)26-22(29)19-14-5-6-15(11-14)20(19)23(26)30/h1-10,14-15,19-20H,11-12H2/t14-,15-,19-,20-/m0/s1. The number of nitrogens with zero attached hydrogens (tertiary/aromatic N) is 3. The number of hydrazine groups is 1. The third kappa shape index (κ3) is 3.10. The van der Waals surface area contributed by atoms with E-state index in [4.69, 9.17) is 11.6 Å². The molecule has 4 atom stereocenters. The molecule has 0 spiro atoms. The molecule has 2 fully saturated rings.